The Kier molecular flexibility index (Phi) is 16.5. The molecule has 252 valence electrons. The van der Waals surface area contributed by atoms with Crippen LogP contribution in [0.15, 0.2) is 0 Å². The molecule has 1 heterocycles. The number of nitrogens with one attached hydrogen (secondary N) is 5. The number of nitrogens with zero attached hydrogens (tertiary/aromatic N) is 1. The molecule has 0 bridgehead atoms. The van der Waals surface area contributed by atoms with Crippen molar-refractivity contribution in [3.05, 3.63) is 0 Å². The number of carbonyl (C=O) groups excluding carboxylic acids is 4. The molecule has 13 heteroatoms. The third-order valence-electron chi connectivity index (χ3n) is 6.11. The Hall–Kier alpha value is -2.63. The van der Waals surface area contributed by atoms with Gasteiger partial charge in [-0.1, -0.05) is 41.5 Å². The molecule has 1 rings (SSSR count). The van der Waals surface area contributed by atoms with Crippen molar-refractivity contribution in [2.45, 2.75) is 119 Å². The first-order chi connectivity index (χ1) is 19.4. The summed E-state index contributed by atoms with van der Waals surface area (Å²) < 4.78 is 10.6. The number of hydrogen-bond donors (Lipinski definition) is 5. The number of amides is 6. The van der Waals surface area contributed by atoms with Crippen LogP contribution in [0.25, 0.3) is 0 Å². The van der Waals surface area contributed by atoms with Gasteiger partial charge in [0.2, 0.25) is 0 Å². The first kappa shape index (κ1) is 40.4. The fourth-order valence-electron chi connectivity index (χ4n) is 3.61. The molecule has 0 spiro atoms. The fraction of sp³-hybridized carbons (Fsp3) is 0.867. The van der Waals surface area contributed by atoms with E-state index in [1.165, 1.54) is 0 Å². The van der Waals surface area contributed by atoms with Crippen LogP contribution in [-0.2, 0) is 9.47 Å². The van der Waals surface area contributed by atoms with Gasteiger partial charge in [-0.05, 0) is 65.2 Å². The van der Waals surface area contributed by atoms with E-state index in [4.69, 9.17) is 21.1 Å². The molecule has 6 amide bonds. The fourth-order valence-corrected chi connectivity index (χ4v) is 3.74. The Morgan fingerprint density at radius 2 is 1.33 bits per heavy atom. The summed E-state index contributed by atoms with van der Waals surface area (Å²) in [6, 6.07) is -0.760. The minimum absolute atomic E-state index is 0.0681. The molecule has 0 aromatic heterocycles. The number of ether oxygens (including phenoxy) is 2. The number of alkyl halides is 1. The van der Waals surface area contributed by atoms with E-state index in [0.29, 0.717) is 38.5 Å². The summed E-state index contributed by atoms with van der Waals surface area (Å²) in [5.74, 6) is 0.505. The maximum Gasteiger partial charge on any atom is 0.407 e. The highest BCUT2D eigenvalue weighted by Gasteiger charge is 2.32. The maximum atomic E-state index is 12.0. The van der Waals surface area contributed by atoms with Crippen molar-refractivity contribution in [3.8, 4) is 0 Å². The van der Waals surface area contributed by atoms with Crippen LogP contribution in [-0.4, -0.2) is 91.0 Å². The summed E-state index contributed by atoms with van der Waals surface area (Å²) >= 11 is 5.55. The van der Waals surface area contributed by atoms with Crippen LogP contribution < -0.4 is 26.6 Å². The third kappa shape index (κ3) is 20.0. The van der Waals surface area contributed by atoms with Crippen molar-refractivity contribution < 1.29 is 28.7 Å². The standard InChI is InChI=1S/C15H30ClN3O3.C15H29N3O3/c1-14(2,3)11(19-13(21)22-15(4,5)6)10-18-12(20)17-9-7-8-16;1-14(2,3)11(17-13(20)21-15(4,5)6)10-18-9-7-8-16-12(18)19/h11H,7-10H2,1-6H3,(H,19,21)(H2,17,18,20);11H,7-10H2,1-6H3,(H,16,19)(H,17,20)/t2*11-/m11/s1. The molecule has 1 fully saturated rings. The lowest BCUT2D eigenvalue weighted by molar-refractivity contribution is 0.0438. The Labute approximate surface area is 264 Å². The quantitative estimate of drug-likeness (QED) is 0.174. The molecule has 0 aromatic carbocycles. The van der Waals surface area contributed by atoms with Crippen LogP contribution in [0.4, 0.5) is 19.2 Å². The number of hydrogen-bond acceptors (Lipinski definition) is 6. The second-order valence-electron chi connectivity index (χ2n) is 14.8. The highest BCUT2D eigenvalue weighted by atomic mass is 35.5. The first-order valence-electron chi connectivity index (χ1n) is 15.0. The van der Waals surface area contributed by atoms with Crippen LogP contribution in [0.1, 0.15) is 95.9 Å². The summed E-state index contributed by atoms with van der Waals surface area (Å²) in [6.07, 6.45) is 0.708. The Morgan fingerprint density at radius 1 is 0.837 bits per heavy atom. The van der Waals surface area contributed by atoms with Crippen molar-refractivity contribution in [1.29, 1.82) is 0 Å². The average Bonchev–Trinajstić information content (AvgIpc) is 2.79. The molecule has 2 atom stereocenters. The van der Waals surface area contributed by atoms with Crippen LogP contribution in [0.2, 0.25) is 0 Å². The van der Waals surface area contributed by atoms with Gasteiger partial charge in [-0.3, -0.25) is 0 Å². The molecule has 12 nitrogen and oxygen atoms in total. The van der Waals surface area contributed by atoms with Crippen LogP contribution >= 0.6 is 11.6 Å². The van der Waals surface area contributed by atoms with E-state index in [-0.39, 0.29) is 35.0 Å². The lowest BCUT2D eigenvalue weighted by atomic mass is 9.86. The van der Waals surface area contributed by atoms with E-state index in [2.05, 4.69) is 26.6 Å². The van der Waals surface area contributed by atoms with Gasteiger partial charge in [-0.15, -0.1) is 11.6 Å². The summed E-state index contributed by atoms with van der Waals surface area (Å²) in [5, 5.41) is 14.0. The summed E-state index contributed by atoms with van der Waals surface area (Å²) in [5.41, 5.74) is -1.48. The Balaban J connectivity index is 0.000000821. The second kappa shape index (κ2) is 17.6. The molecule has 0 saturated carbocycles. The number of halogens is 1. The molecule has 0 aromatic rings. The van der Waals surface area contributed by atoms with E-state index in [1.54, 1.807) is 25.7 Å². The van der Waals surface area contributed by atoms with Crippen molar-refractivity contribution in [3.63, 3.8) is 0 Å². The van der Waals surface area contributed by atoms with E-state index in [9.17, 15) is 19.2 Å². The van der Waals surface area contributed by atoms with Gasteiger partial charge in [0.05, 0.1) is 12.1 Å². The number of carbonyl (C=O) groups is 4. The molecular formula is C30H59ClN6O6. The minimum Gasteiger partial charge on any atom is -0.444 e. The molecule has 0 aliphatic carbocycles. The largest absolute Gasteiger partial charge is 0.444 e. The lowest BCUT2D eigenvalue weighted by Crippen LogP contribution is -2.56. The predicted octanol–water partition coefficient (Wildman–Crippen LogP) is 5.20. The predicted molar refractivity (Wildman–Crippen MR) is 172 cm³/mol. The van der Waals surface area contributed by atoms with Gasteiger partial charge in [0, 0.05) is 38.6 Å². The highest BCUT2D eigenvalue weighted by molar-refractivity contribution is 6.17. The summed E-state index contributed by atoms with van der Waals surface area (Å²) in [4.78, 5) is 49.1. The summed E-state index contributed by atoms with van der Waals surface area (Å²) in [7, 11) is 0. The third-order valence-corrected chi connectivity index (χ3v) is 6.37. The van der Waals surface area contributed by atoms with Gasteiger partial charge in [-0.2, -0.15) is 0 Å². The number of rotatable bonds is 9. The van der Waals surface area contributed by atoms with Gasteiger partial charge in [0.1, 0.15) is 11.2 Å². The average molecular weight is 635 g/mol. The molecule has 1 saturated heterocycles. The van der Waals surface area contributed by atoms with E-state index in [0.717, 1.165) is 13.0 Å². The normalized spacial score (nSPS) is 15.6. The van der Waals surface area contributed by atoms with Crippen molar-refractivity contribution >= 4 is 35.8 Å². The zero-order valence-corrected chi connectivity index (χ0v) is 29.3. The van der Waals surface area contributed by atoms with Crippen molar-refractivity contribution in [2.75, 3.05) is 38.6 Å². The molecule has 0 unspecified atom stereocenters. The topological polar surface area (TPSA) is 150 Å². The number of alkyl carbamates (subject to hydrolysis) is 2. The molecule has 1 aliphatic heterocycles. The van der Waals surface area contributed by atoms with E-state index >= 15 is 0 Å². The zero-order chi connectivity index (χ0) is 33.6. The minimum atomic E-state index is -0.557. The van der Waals surface area contributed by atoms with Crippen LogP contribution in [0, 0.1) is 10.8 Å². The molecule has 43 heavy (non-hydrogen) atoms. The molecular weight excluding hydrogens is 576 g/mol. The summed E-state index contributed by atoms with van der Waals surface area (Å²) in [6.45, 7) is 25.7. The van der Waals surface area contributed by atoms with Crippen molar-refractivity contribution in [2.24, 2.45) is 10.8 Å². The lowest BCUT2D eigenvalue weighted by Gasteiger charge is -2.37. The second-order valence-corrected chi connectivity index (χ2v) is 15.2. The molecule has 5 N–H and O–H groups in total. The maximum absolute atomic E-state index is 12.0. The van der Waals surface area contributed by atoms with Crippen LogP contribution in [0.3, 0.4) is 0 Å². The Morgan fingerprint density at radius 3 is 1.74 bits per heavy atom. The monoisotopic (exact) mass is 634 g/mol. The SMILES string of the molecule is CC(C)(C)OC(=O)N[C@H](CN1CCCNC1=O)C(C)(C)C.CC(C)(C)OC(=O)N[C@H](CNC(=O)NCCCCl)C(C)(C)C. The van der Waals surface area contributed by atoms with E-state index < -0.39 is 23.4 Å². The van der Waals surface area contributed by atoms with Gasteiger partial charge in [-0.25, -0.2) is 19.2 Å². The first-order valence-corrected chi connectivity index (χ1v) is 15.6. The molecule has 1 aliphatic rings. The van der Waals surface area contributed by atoms with Gasteiger partial charge in [0.15, 0.2) is 0 Å². The van der Waals surface area contributed by atoms with Gasteiger partial charge in [0.25, 0.3) is 0 Å². The van der Waals surface area contributed by atoms with E-state index in [1.807, 2.05) is 62.3 Å². The zero-order valence-electron chi connectivity index (χ0n) is 28.6. The van der Waals surface area contributed by atoms with Crippen LogP contribution in [0.5, 0.6) is 0 Å². The van der Waals surface area contributed by atoms with Gasteiger partial charge >= 0.3 is 24.2 Å². The molecule has 0 radical (unpaired) electrons. The van der Waals surface area contributed by atoms with Crippen molar-refractivity contribution in [1.82, 2.24) is 31.5 Å². The Bertz CT molecular complexity index is 890. The number of urea groups is 2. The highest BCUT2D eigenvalue weighted by Crippen LogP contribution is 2.22. The smallest absolute Gasteiger partial charge is 0.407 e. The van der Waals surface area contributed by atoms with Gasteiger partial charge < -0.3 is 41.0 Å².